The number of likely N-dealkylation sites (tertiary alicyclic amines) is 1. The van der Waals surface area contributed by atoms with Gasteiger partial charge in [-0.25, -0.2) is 0 Å². The SMILES string of the molecule is O=C(CN1CCCCCC1=O)NNC(=O)c1ccccc1C(=O)c1ccccc1. The van der Waals surface area contributed by atoms with E-state index in [4.69, 9.17) is 0 Å². The van der Waals surface area contributed by atoms with E-state index in [0.717, 1.165) is 19.3 Å². The minimum atomic E-state index is -0.597. The predicted octanol–water partition coefficient (Wildman–Crippen LogP) is 2.08. The first kappa shape index (κ1) is 20.3. The maximum atomic E-state index is 12.7. The van der Waals surface area contributed by atoms with Gasteiger partial charge in [-0.3, -0.25) is 30.0 Å². The van der Waals surface area contributed by atoms with Crippen LogP contribution in [-0.4, -0.2) is 41.5 Å². The Labute approximate surface area is 169 Å². The maximum Gasteiger partial charge on any atom is 0.270 e. The first-order valence-electron chi connectivity index (χ1n) is 9.62. The highest BCUT2D eigenvalue weighted by molar-refractivity contribution is 6.15. The molecule has 0 radical (unpaired) electrons. The predicted molar refractivity (Wildman–Crippen MR) is 107 cm³/mol. The molecule has 1 aliphatic heterocycles. The average molecular weight is 393 g/mol. The molecule has 29 heavy (non-hydrogen) atoms. The molecule has 1 aliphatic rings. The Morgan fingerprint density at radius 2 is 1.52 bits per heavy atom. The van der Waals surface area contributed by atoms with Crippen molar-refractivity contribution in [3.8, 4) is 0 Å². The van der Waals surface area contributed by atoms with E-state index in [9.17, 15) is 19.2 Å². The Kier molecular flexibility index (Phi) is 6.73. The van der Waals surface area contributed by atoms with E-state index >= 15 is 0 Å². The summed E-state index contributed by atoms with van der Waals surface area (Å²) in [6.45, 7) is 0.429. The second kappa shape index (κ2) is 9.64. The van der Waals surface area contributed by atoms with Gasteiger partial charge >= 0.3 is 0 Å². The molecule has 3 rings (SSSR count). The molecule has 2 N–H and O–H groups in total. The smallest absolute Gasteiger partial charge is 0.270 e. The van der Waals surface area contributed by atoms with Gasteiger partial charge in [-0.2, -0.15) is 0 Å². The normalized spacial score (nSPS) is 14.1. The molecule has 1 saturated heterocycles. The molecule has 0 unspecified atom stereocenters. The van der Waals surface area contributed by atoms with Crippen LogP contribution in [0.15, 0.2) is 54.6 Å². The van der Waals surface area contributed by atoms with E-state index in [1.54, 1.807) is 48.5 Å². The van der Waals surface area contributed by atoms with E-state index in [-0.39, 0.29) is 29.4 Å². The zero-order valence-corrected chi connectivity index (χ0v) is 16.0. The molecule has 2 aromatic carbocycles. The van der Waals surface area contributed by atoms with Gasteiger partial charge in [-0.1, -0.05) is 55.0 Å². The average Bonchev–Trinajstić information content (AvgIpc) is 2.96. The van der Waals surface area contributed by atoms with Gasteiger partial charge in [-0.15, -0.1) is 0 Å². The Morgan fingerprint density at radius 3 is 2.28 bits per heavy atom. The van der Waals surface area contributed by atoms with Crippen LogP contribution < -0.4 is 10.9 Å². The van der Waals surface area contributed by atoms with Crippen LogP contribution in [-0.2, 0) is 9.59 Å². The highest BCUT2D eigenvalue weighted by atomic mass is 16.2. The number of nitrogens with zero attached hydrogens (tertiary/aromatic N) is 1. The molecule has 0 saturated carbocycles. The van der Waals surface area contributed by atoms with Crippen LogP contribution in [0, 0.1) is 0 Å². The highest BCUT2D eigenvalue weighted by Crippen LogP contribution is 2.15. The Hall–Kier alpha value is -3.48. The third-order valence-corrected chi connectivity index (χ3v) is 4.77. The summed E-state index contributed by atoms with van der Waals surface area (Å²) in [4.78, 5) is 50.9. The molecule has 7 nitrogen and oxygen atoms in total. The summed E-state index contributed by atoms with van der Waals surface area (Å²) in [5.74, 6) is -1.42. The standard InChI is InChI=1S/C22H23N3O4/c26-19(15-25-14-8-2-5-13-20(25)27)23-24-22(29)18-12-7-6-11-17(18)21(28)16-9-3-1-4-10-16/h1,3-4,6-7,9-12H,2,5,8,13-15H2,(H,23,26)(H,24,29). The topological polar surface area (TPSA) is 95.6 Å². The third kappa shape index (κ3) is 5.28. The number of hydrogen-bond donors (Lipinski definition) is 2. The quantitative estimate of drug-likeness (QED) is 0.601. The number of amides is 3. The number of carbonyl (C=O) groups is 4. The van der Waals surface area contributed by atoms with Crippen LogP contribution in [0.1, 0.15) is 52.0 Å². The van der Waals surface area contributed by atoms with Crippen LogP contribution in [0.5, 0.6) is 0 Å². The maximum absolute atomic E-state index is 12.7. The van der Waals surface area contributed by atoms with E-state index in [1.165, 1.54) is 11.0 Å². The number of benzene rings is 2. The molecule has 7 heteroatoms. The molecule has 3 amide bonds. The molecular formula is C22H23N3O4. The van der Waals surface area contributed by atoms with Gasteiger partial charge in [0.25, 0.3) is 11.8 Å². The summed E-state index contributed by atoms with van der Waals surface area (Å²) in [5, 5.41) is 0. The van der Waals surface area contributed by atoms with E-state index in [2.05, 4.69) is 10.9 Å². The number of rotatable bonds is 5. The lowest BCUT2D eigenvalue weighted by atomic mass is 9.98. The molecule has 0 atom stereocenters. The minimum Gasteiger partial charge on any atom is -0.333 e. The van der Waals surface area contributed by atoms with Gasteiger partial charge in [0, 0.05) is 24.1 Å². The molecule has 0 aromatic heterocycles. The van der Waals surface area contributed by atoms with Crippen LogP contribution in [0.25, 0.3) is 0 Å². The monoisotopic (exact) mass is 393 g/mol. The van der Waals surface area contributed by atoms with Gasteiger partial charge in [0.1, 0.15) is 6.54 Å². The summed E-state index contributed by atoms with van der Waals surface area (Å²) in [6, 6.07) is 15.1. The first-order valence-corrected chi connectivity index (χ1v) is 9.62. The first-order chi connectivity index (χ1) is 14.1. The fourth-order valence-corrected chi connectivity index (χ4v) is 3.24. The van der Waals surface area contributed by atoms with Gasteiger partial charge in [0.2, 0.25) is 5.91 Å². The van der Waals surface area contributed by atoms with Crippen LogP contribution in [0.3, 0.4) is 0 Å². The van der Waals surface area contributed by atoms with Crippen molar-refractivity contribution in [2.75, 3.05) is 13.1 Å². The highest BCUT2D eigenvalue weighted by Gasteiger charge is 2.21. The van der Waals surface area contributed by atoms with Crippen molar-refractivity contribution in [2.45, 2.75) is 25.7 Å². The summed E-state index contributed by atoms with van der Waals surface area (Å²) in [6.07, 6.45) is 3.10. The lowest BCUT2D eigenvalue weighted by molar-refractivity contribution is -0.135. The second-order valence-electron chi connectivity index (χ2n) is 6.87. The fourth-order valence-electron chi connectivity index (χ4n) is 3.24. The Morgan fingerprint density at radius 1 is 0.828 bits per heavy atom. The minimum absolute atomic E-state index is 0.0530. The number of ketones is 1. The van der Waals surface area contributed by atoms with Crippen LogP contribution >= 0.6 is 0 Å². The fraction of sp³-hybridized carbons (Fsp3) is 0.273. The third-order valence-electron chi connectivity index (χ3n) is 4.77. The van der Waals surface area contributed by atoms with E-state index < -0.39 is 11.8 Å². The summed E-state index contributed by atoms with van der Waals surface area (Å²) in [7, 11) is 0. The van der Waals surface area contributed by atoms with Crippen molar-refractivity contribution in [1.29, 1.82) is 0 Å². The molecular weight excluding hydrogens is 370 g/mol. The number of hydrazine groups is 1. The Bertz CT molecular complexity index is 911. The summed E-state index contributed by atoms with van der Waals surface area (Å²) < 4.78 is 0. The van der Waals surface area contributed by atoms with Crippen molar-refractivity contribution >= 4 is 23.5 Å². The molecule has 0 aliphatic carbocycles. The molecule has 0 bridgehead atoms. The zero-order chi connectivity index (χ0) is 20.6. The second-order valence-corrected chi connectivity index (χ2v) is 6.87. The van der Waals surface area contributed by atoms with Crippen molar-refractivity contribution in [1.82, 2.24) is 15.8 Å². The van der Waals surface area contributed by atoms with Gasteiger partial charge in [0.15, 0.2) is 5.78 Å². The van der Waals surface area contributed by atoms with Crippen molar-refractivity contribution in [2.24, 2.45) is 0 Å². The molecule has 150 valence electrons. The van der Waals surface area contributed by atoms with Crippen LogP contribution in [0.4, 0.5) is 0 Å². The van der Waals surface area contributed by atoms with Gasteiger partial charge in [0.05, 0.1) is 5.56 Å². The lowest BCUT2D eigenvalue weighted by Gasteiger charge is -2.20. The number of nitrogens with one attached hydrogen (secondary N) is 2. The van der Waals surface area contributed by atoms with Crippen molar-refractivity contribution < 1.29 is 19.2 Å². The largest absolute Gasteiger partial charge is 0.333 e. The van der Waals surface area contributed by atoms with Crippen molar-refractivity contribution in [3.63, 3.8) is 0 Å². The zero-order valence-electron chi connectivity index (χ0n) is 16.0. The summed E-state index contributed by atoms with van der Waals surface area (Å²) >= 11 is 0. The molecule has 2 aromatic rings. The molecule has 0 spiro atoms. The van der Waals surface area contributed by atoms with E-state index in [1.807, 2.05) is 0 Å². The summed E-state index contributed by atoms with van der Waals surface area (Å²) in [5.41, 5.74) is 5.54. The number of hydrogen-bond acceptors (Lipinski definition) is 4. The van der Waals surface area contributed by atoms with E-state index in [0.29, 0.717) is 18.5 Å². The number of carbonyl (C=O) groups excluding carboxylic acids is 4. The lowest BCUT2D eigenvalue weighted by Crippen LogP contribution is -2.47. The van der Waals surface area contributed by atoms with Gasteiger partial charge < -0.3 is 4.90 Å². The van der Waals surface area contributed by atoms with Gasteiger partial charge in [-0.05, 0) is 18.9 Å². The molecule has 1 fully saturated rings. The van der Waals surface area contributed by atoms with Crippen molar-refractivity contribution in [3.05, 3.63) is 71.3 Å². The molecule has 1 heterocycles. The van der Waals surface area contributed by atoms with Crippen LogP contribution in [0.2, 0.25) is 0 Å². The Balaban J connectivity index is 1.63.